The van der Waals surface area contributed by atoms with Crippen molar-refractivity contribution in [2.45, 2.75) is 44.9 Å². The summed E-state index contributed by atoms with van der Waals surface area (Å²) in [4.78, 5) is 16.1. The van der Waals surface area contributed by atoms with Crippen LogP contribution < -0.4 is 5.32 Å². The number of amides is 1. The van der Waals surface area contributed by atoms with Gasteiger partial charge in [0.2, 0.25) is 11.9 Å². The fraction of sp³-hybridized carbons (Fsp3) is 0.786. The Balaban J connectivity index is 1.46. The van der Waals surface area contributed by atoms with E-state index < -0.39 is 0 Å². The first kappa shape index (κ1) is 11.4. The Morgan fingerprint density at radius 2 is 1.89 bits per heavy atom. The van der Waals surface area contributed by atoms with Crippen molar-refractivity contribution in [2.75, 3.05) is 5.32 Å². The maximum Gasteiger partial charge on any atom is 0.227 e. The van der Waals surface area contributed by atoms with E-state index >= 15 is 0 Å². The van der Waals surface area contributed by atoms with Gasteiger partial charge in [-0.2, -0.15) is 10.1 Å². The zero-order valence-corrected chi connectivity index (χ0v) is 11.1. The largest absolute Gasteiger partial charge is 0.295 e. The van der Waals surface area contributed by atoms with Crippen LogP contribution in [0.1, 0.15) is 44.9 Å². The van der Waals surface area contributed by atoms with Gasteiger partial charge in [-0.1, -0.05) is 0 Å². The molecule has 0 radical (unpaired) electrons. The average molecular weight is 260 g/mol. The number of hydrogen-bond acceptors (Lipinski definition) is 3. The van der Waals surface area contributed by atoms with Crippen LogP contribution in [0.25, 0.3) is 0 Å². The molecule has 1 amide bonds. The molecule has 4 saturated carbocycles. The first-order valence-corrected chi connectivity index (χ1v) is 7.36. The first-order valence-electron chi connectivity index (χ1n) is 7.36. The molecule has 0 saturated heterocycles. The zero-order valence-electron chi connectivity index (χ0n) is 11.1. The molecule has 5 heteroatoms. The zero-order chi connectivity index (χ0) is 12.9. The highest BCUT2D eigenvalue weighted by molar-refractivity contribution is 5.89. The summed E-state index contributed by atoms with van der Waals surface area (Å²) in [7, 11) is 0. The molecule has 1 heterocycles. The molecule has 0 atom stereocenters. The molecule has 0 spiro atoms. The molecular weight excluding hydrogens is 240 g/mol. The van der Waals surface area contributed by atoms with Gasteiger partial charge in [0, 0.05) is 6.42 Å². The van der Waals surface area contributed by atoms with E-state index in [1.54, 1.807) is 0 Å². The third-order valence-corrected chi connectivity index (χ3v) is 5.37. The number of nitrogens with one attached hydrogen (secondary N) is 2. The van der Waals surface area contributed by atoms with Crippen molar-refractivity contribution in [1.29, 1.82) is 0 Å². The van der Waals surface area contributed by atoms with Crippen molar-refractivity contribution in [3.8, 4) is 0 Å². The lowest BCUT2D eigenvalue weighted by Gasteiger charge is -2.56. The molecule has 19 heavy (non-hydrogen) atoms. The van der Waals surface area contributed by atoms with E-state index in [0.29, 0.717) is 17.8 Å². The number of H-pyrrole nitrogens is 1. The van der Waals surface area contributed by atoms with Crippen molar-refractivity contribution < 1.29 is 4.79 Å². The van der Waals surface area contributed by atoms with E-state index in [9.17, 15) is 4.79 Å². The van der Waals surface area contributed by atoms with Crippen LogP contribution in [0.15, 0.2) is 6.33 Å². The number of anilines is 1. The lowest BCUT2D eigenvalue weighted by molar-refractivity contribution is -0.124. The van der Waals surface area contributed by atoms with Crippen LogP contribution >= 0.6 is 0 Å². The summed E-state index contributed by atoms with van der Waals surface area (Å²) in [6.45, 7) is 0. The molecule has 4 fully saturated rings. The van der Waals surface area contributed by atoms with Crippen LogP contribution in [0.4, 0.5) is 5.95 Å². The van der Waals surface area contributed by atoms with Gasteiger partial charge in [-0.15, -0.1) is 0 Å². The Bertz CT molecular complexity index is 446. The molecule has 2 N–H and O–H groups in total. The molecule has 0 aromatic carbocycles. The van der Waals surface area contributed by atoms with Gasteiger partial charge in [0.15, 0.2) is 0 Å². The van der Waals surface area contributed by atoms with E-state index in [1.807, 2.05) is 0 Å². The topological polar surface area (TPSA) is 70.7 Å². The van der Waals surface area contributed by atoms with Crippen LogP contribution in [-0.2, 0) is 4.79 Å². The number of carbonyl (C=O) groups excluding carboxylic acids is 1. The van der Waals surface area contributed by atoms with Crippen LogP contribution in [-0.4, -0.2) is 21.1 Å². The minimum absolute atomic E-state index is 0.0960. The van der Waals surface area contributed by atoms with E-state index in [1.165, 1.54) is 44.9 Å². The summed E-state index contributed by atoms with van der Waals surface area (Å²) in [5, 5.41) is 9.26. The van der Waals surface area contributed by atoms with E-state index in [0.717, 1.165) is 17.8 Å². The molecule has 4 aliphatic rings. The minimum Gasteiger partial charge on any atom is -0.295 e. The fourth-order valence-corrected chi connectivity index (χ4v) is 5.29. The summed E-state index contributed by atoms with van der Waals surface area (Å²) < 4.78 is 0. The molecule has 1 aromatic heterocycles. The van der Waals surface area contributed by atoms with Gasteiger partial charge in [0.1, 0.15) is 6.33 Å². The number of carbonyl (C=O) groups is 1. The second-order valence-electron chi connectivity index (χ2n) is 6.98. The smallest absolute Gasteiger partial charge is 0.227 e. The van der Waals surface area contributed by atoms with Gasteiger partial charge >= 0.3 is 0 Å². The van der Waals surface area contributed by atoms with Crippen molar-refractivity contribution >= 4 is 11.9 Å². The highest BCUT2D eigenvalue weighted by Gasteiger charge is 2.51. The van der Waals surface area contributed by atoms with E-state index in [4.69, 9.17) is 0 Å². The Kier molecular flexibility index (Phi) is 2.44. The van der Waals surface area contributed by atoms with Crippen molar-refractivity contribution in [2.24, 2.45) is 23.2 Å². The fourth-order valence-electron chi connectivity index (χ4n) is 5.29. The van der Waals surface area contributed by atoms with Gasteiger partial charge in [-0.3, -0.25) is 10.1 Å². The molecule has 5 rings (SSSR count). The van der Waals surface area contributed by atoms with Gasteiger partial charge in [-0.05, 0) is 61.7 Å². The van der Waals surface area contributed by atoms with E-state index in [-0.39, 0.29) is 5.91 Å². The van der Waals surface area contributed by atoms with Crippen LogP contribution in [0.3, 0.4) is 0 Å². The second kappa shape index (κ2) is 4.05. The van der Waals surface area contributed by atoms with Crippen molar-refractivity contribution in [3.05, 3.63) is 6.33 Å². The van der Waals surface area contributed by atoms with E-state index in [2.05, 4.69) is 20.5 Å². The Morgan fingerprint density at radius 1 is 1.26 bits per heavy atom. The lowest BCUT2D eigenvalue weighted by atomic mass is 9.49. The highest BCUT2D eigenvalue weighted by Crippen LogP contribution is 2.61. The summed E-state index contributed by atoms with van der Waals surface area (Å²) in [6.07, 6.45) is 10.1. The number of nitrogens with zero attached hydrogens (tertiary/aromatic N) is 2. The summed E-state index contributed by atoms with van der Waals surface area (Å²) in [5.74, 6) is 3.24. The summed E-state index contributed by atoms with van der Waals surface area (Å²) >= 11 is 0. The third-order valence-electron chi connectivity index (χ3n) is 5.37. The first-order chi connectivity index (χ1) is 9.21. The third kappa shape index (κ3) is 2.05. The number of aromatic amines is 1. The Hall–Kier alpha value is -1.39. The quantitative estimate of drug-likeness (QED) is 0.876. The normalized spacial score (nSPS) is 39.5. The molecule has 1 aromatic rings. The molecule has 0 unspecified atom stereocenters. The standard InChI is InChI=1S/C14H20N4O/c19-12(17-13-15-8-16-18-13)7-14-4-9-1-10(5-14)3-11(2-9)6-14/h8-11H,1-7H2,(H2,15,16,17,18,19). The average Bonchev–Trinajstić information content (AvgIpc) is 2.78. The maximum absolute atomic E-state index is 12.2. The molecule has 4 bridgehead atoms. The molecule has 4 aliphatic carbocycles. The van der Waals surface area contributed by atoms with Crippen molar-refractivity contribution in [1.82, 2.24) is 15.2 Å². The molecule has 0 aliphatic heterocycles. The van der Waals surface area contributed by atoms with Crippen LogP contribution in [0.2, 0.25) is 0 Å². The van der Waals surface area contributed by atoms with Crippen molar-refractivity contribution in [3.63, 3.8) is 0 Å². The van der Waals surface area contributed by atoms with Gasteiger partial charge in [-0.25, -0.2) is 5.10 Å². The lowest BCUT2D eigenvalue weighted by Crippen LogP contribution is -2.47. The van der Waals surface area contributed by atoms with Gasteiger partial charge < -0.3 is 0 Å². The van der Waals surface area contributed by atoms with Gasteiger partial charge in [0.25, 0.3) is 0 Å². The summed E-state index contributed by atoms with van der Waals surface area (Å²) in [6, 6.07) is 0. The SMILES string of the molecule is O=C(CC12CC3CC(CC(C3)C1)C2)Nc1ncn[nH]1. The monoisotopic (exact) mass is 260 g/mol. The Morgan fingerprint density at radius 3 is 2.42 bits per heavy atom. The maximum atomic E-state index is 12.2. The van der Waals surface area contributed by atoms with Gasteiger partial charge in [0.05, 0.1) is 0 Å². The molecule has 5 nitrogen and oxygen atoms in total. The minimum atomic E-state index is 0.0960. The number of hydrogen-bond donors (Lipinski definition) is 2. The second-order valence-corrected chi connectivity index (χ2v) is 6.98. The summed E-state index contributed by atoms with van der Waals surface area (Å²) in [5.41, 5.74) is 0.291. The predicted molar refractivity (Wildman–Crippen MR) is 70.2 cm³/mol. The van der Waals surface area contributed by atoms with Crippen LogP contribution in [0, 0.1) is 23.2 Å². The Labute approximate surface area is 112 Å². The number of rotatable bonds is 3. The van der Waals surface area contributed by atoms with Crippen LogP contribution in [0.5, 0.6) is 0 Å². The molecule has 102 valence electrons. The number of aromatic nitrogens is 3. The molecular formula is C14H20N4O. The predicted octanol–water partition coefficient (Wildman–Crippen LogP) is 2.35. The highest BCUT2D eigenvalue weighted by atomic mass is 16.1.